The van der Waals surface area contributed by atoms with E-state index in [0.717, 1.165) is 114 Å². The molecule has 606 valence electrons. The summed E-state index contributed by atoms with van der Waals surface area (Å²) in [6, 6.07) is 0. The molecule has 0 aliphatic rings. The van der Waals surface area contributed by atoms with Gasteiger partial charge < -0.3 is 33.8 Å². The van der Waals surface area contributed by atoms with Crippen LogP contribution in [0, 0.1) is 17.8 Å². The molecule has 0 rings (SSSR count). The number of unbranched alkanes of at least 4 members (excludes halogenated alkanes) is 48. The van der Waals surface area contributed by atoms with Crippen LogP contribution >= 0.6 is 15.6 Å². The molecule has 0 aromatic carbocycles. The summed E-state index contributed by atoms with van der Waals surface area (Å²) in [5.74, 6) is 0.234. The highest BCUT2D eigenvalue weighted by atomic mass is 31.2. The van der Waals surface area contributed by atoms with Crippen LogP contribution in [-0.4, -0.2) is 96.7 Å². The van der Waals surface area contributed by atoms with Crippen molar-refractivity contribution >= 4 is 39.5 Å². The quantitative estimate of drug-likeness (QED) is 0.0222. The van der Waals surface area contributed by atoms with E-state index in [1.807, 2.05) is 0 Å². The molecule has 0 saturated heterocycles. The Morgan fingerprint density at radius 2 is 0.500 bits per heavy atom. The molecule has 0 aliphatic heterocycles. The normalized spacial score (nSPS) is 14.2. The Hall–Kier alpha value is -1.94. The minimum atomic E-state index is -4.96. The van der Waals surface area contributed by atoms with E-state index in [4.69, 9.17) is 37.0 Å². The summed E-state index contributed by atoms with van der Waals surface area (Å²) in [4.78, 5) is 73.1. The minimum Gasteiger partial charge on any atom is -0.462 e. The summed E-state index contributed by atoms with van der Waals surface area (Å²) in [5.41, 5.74) is 0. The SMILES string of the molecule is CCCCCCCCCCCCCCCCCC(=O)O[C@H](COC(=O)CCCCCCCCC(C)CC)COP(=O)(O)OC[C@H](O)COP(=O)(O)OC[C@@H](COC(=O)CCCCCCCCCCCCCCCC(C)C)OC(=O)CCCCCCCCCCCCCCCCCCCCC(C)C. The Balaban J connectivity index is 5.23. The van der Waals surface area contributed by atoms with Crippen molar-refractivity contribution in [1.29, 1.82) is 0 Å². The number of aliphatic hydroxyl groups excluding tert-OH is 1. The fourth-order valence-corrected chi connectivity index (χ4v) is 14.4. The van der Waals surface area contributed by atoms with Gasteiger partial charge in [0.25, 0.3) is 0 Å². The molecule has 3 N–H and O–H groups in total. The highest BCUT2D eigenvalue weighted by Gasteiger charge is 2.30. The number of hydrogen-bond donors (Lipinski definition) is 3. The molecular formula is C83H162O17P2. The molecule has 0 amide bonds. The minimum absolute atomic E-state index is 0.107. The Kier molecular flexibility index (Phi) is 71.8. The lowest BCUT2D eigenvalue weighted by Crippen LogP contribution is -2.30. The molecule has 0 heterocycles. The number of hydrogen-bond acceptors (Lipinski definition) is 15. The first-order valence-electron chi connectivity index (χ1n) is 42.9. The molecule has 3 unspecified atom stereocenters. The van der Waals surface area contributed by atoms with E-state index in [1.165, 1.54) is 238 Å². The number of rotatable bonds is 81. The van der Waals surface area contributed by atoms with Crippen LogP contribution < -0.4 is 0 Å². The summed E-state index contributed by atoms with van der Waals surface area (Å²) in [5, 5.41) is 10.7. The molecule has 0 aromatic rings. The van der Waals surface area contributed by atoms with Crippen LogP contribution in [0.5, 0.6) is 0 Å². The first kappa shape index (κ1) is 100. The van der Waals surface area contributed by atoms with Gasteiger partial charge in [-0.1, -0.05) is 382 Å². The third-order valence-corrected chi connectivity index (χ3v) is 21.6. The molecule has 17 nitrogen and oxygen atoms in total. The topological polar surface area (TPSA) is 237 Å². The average molecular weight is 1490 g/mol. The molecule has 19 heteroatoms. The second kappa shape index (κ2) is 73.2. The second-order valence-electron chi connectivity index (χ2n) is 31.1. The van der Waals surface area contributed by atoms with Crippen molar-refractivity contribution in [2.75, 3.05) is 39.6 Å². The molecule has 0 aliphatic carbocycles. The Labute approximate surface area is 626 Å². The van der Waals surface area contributed by atoms with Gasteiger partial charge in [0, 0.05) is 25.7 Å². The fourth-order valence-electron chi connectivity index (χ4n) is 12.8. The van der Waals surface area contributed by atoms with Crippen molar-refractivity contribution in [3.63, 3.8) is 0 Å². The highest BCUT2D eigenvalue weighted by molar-refractivity contribution is 7.47. The smallest absolute Gasteiger partial charge is 0.462 e. The number of aliphatic hydroxyl groups is 1. The monoisotopic (exact) mass is 1490 g/mol. The highest BCUT2D eigenvalue weighted by Crippen LogP contribution is 2.45. The molecule has 0 aromatic heterocycles. The maximum absolute atomic E-state index is 13.1. The van der Waals surface area contributed by atoms with Crippen molar-refractivity contribution in [3.05, 3.63) is 0 Å². The van der Waals surface area contributed by atoms with E-state index in [-0.39, 0.29) is 25.7 Å². The molecule has 0 spiro atoms. The lowest BCUT2D eigenvalue weighted by atomic mass is 10.00. The number of phosphoric ester groups is 2. The van der Waals surface area contributed by atoms with Gasteiger partial charge >= 0.3 is 39.5 Å². The van der Waals surface area contributed by atoms with E-state index in [0.29, 0.717) is 25.7 Å². The molecule has 0 fully saturated rings. The van der Waals surface area contributed by atoms with Crippen LogP contribution in [0.1, 0.15) is 434 Å². The number of carbonyl (C=O) groups excluding carboxylic acids is 4. The maximum atomic E-state index is 13.1. The average Bonchev–Trinajstić information content (AvgIpc) is 1.28. The summed E-state index contributed by atoms with van der Waals surface area (Å²) >= 11 is 0. The van der Waals surface area contributed by atoms with Gasteiger partial charge in [0.2, 0.25) is 0 Å². The predicted octanol–water partition coefficient (Wildman–Crippen LogP) is 24.9. The molecule has 0 bridgehead atoms. The van der Waals surface area contributed by atoms with Gasteiger partial charge in [0.1, 0.15) is 19.3 Å². The standard InChI is InChI=1S/C83H162O17P2/c1-8-10-11-12-13-14-15-16-21-27-33-38-43-52-59-67-83(88)100-79(71-94-81(86)65-58-51-46-45-49-56-63-76(7)9-2)73-98-102(91,92)96-69-77(84)68-95-101(89,90)97-72-78(70-93-80(85)64-57-50-42-37-32-29-24-26-31-36-41-48-55-62-75(5)6)99-82(87)66-60-53-44-39-34-28-23-20-18-17-19-22-25-30-35-40-47-54-61-74(3)4/h74-79,84H,8-73H2,1-7H3,(H,89,90)(H,91,92)/t76?,77-,78-,79-/m1/s1. The van der Waals surface area contributed by atoms with Crippen molar-refractivity contribution in [3.8, 4) is 0 Å². The zero-order valence-electron chi connectivity index (χ0n) is 67.1. The molecule has 102 heavy (non-hydrogen) atoms. The molecule has 6 atom stereocenters. The Morgan fingerprint density at radius 1 is 0.284 bits per heavy atom. The van der Waals surface area contributed by atoms with E-state index in [9.17, 15) is 43.2 Å². The van der Waals surface area contributed by atoms with Crippen molar-refractivity contribution in [2.45, 2.75) is 452 Å². The first-order valence-corrected chi connectivity index (χ1v) is 45.9. The zero-order valence-corrected chi connectivity index (χ0v) is 68.9. The molecular weight excluding hydrogens is 1330 g/mol. The van der Waals surface area contributed by atoms with Crippen LogP contribution in [0.3, 0.4) is 0 Å². The van der Waals surface area contributed by atoms with Crippen LogP contribution in [0.25, 0.3) is 0 Å². The summed E-state index contributed by atoms with van der Waals surface area (Å²) in [6.45, 7) is 12.0. The number of carbonyl (C=O) groups is 4. The van der Waals surface area contributed by atoms with E-state index in [2.05, 4.69) is 48.5 Å². The lowest BCUT2D eigenvalue weighted by molar-refractivity contribution is -0.161. The van der Waals surface area contributed by atoms with Crippen molar-refractivity contribution in [1.82, 2.24) is 0 Å². The van der Waals surface area contributed by atoms with Crippen LogP contribution in [0.15, 0.2) is 0 Å². The fraction of sp³-hybridized carbons (Fsp3) is 0.952. The van der Waals surface area contributed by atoms with Crippen LogP contribution in [0.4, 0.5) is 0 Å². The number of esters is 4. The van der Waals surface area contributed by atoms with Crippen molar-refractivity contribution < 1.29 is 80.2 Å². The lowest BCUT2D eigenvalue weighted by Gasteiger charge is -2.21. The van der Waals surface area contributed by atoms with E-state index in [1.54, 1.807) is 0 Å². The molecule has 0 radical (unpaired) electrons. The maximum Gasteiger partial charge on any atom is 0.472 e. The van der Waals surface area contributed by atoms with E-state index < -0.39 is 97.5 Å². The number of ether oxygens (including phenoxy) is 4. The second-order valence-corrected chi connectivity index (χ2v) is 34.0. The van der Waals surface area contributed by atoms with Gasteiger partial charge in [-0.3, -0.25) is 37.3 Å². The van der Waals surface area contributed by atoms with E-state index >= 15 is 0 Å². The zero-order chi connectivity index (χ0) is 75.1. The largest absolute Gasteiger partial charge is 0.472 e. The third kappa shape index (κ3) is 74.9. The van der Waals surface area contributed by atoms with Crippen LogP contribution in [0.2, 0.25) is 0 Å². The number of phosphoric acid groups is 2. The Bertz CT molecular complexity index is 1980. The summed E-state index contributed by atoms with van der Waals surface area (Å²) < 4.78 is 68.8. The van der Waals surface area contributed by atoms with Gasteiger partial charge in [-0.05, 0) is 43.4 Å². The summed E-state index contributed by atoms with van der Waals surface area (Å²) in [7, 11) is -9.92. The first-order chi connectivity index (χ1) is 49.3. The molecule has 0 saturated carbocycles. The predicted molar refractivity (Wildman–Crippen MR) is 418 cm³/mol. The third-order valence-electron chi connectivity index (χ3n) is 19.7. The van der Waals surface area contributed by atoms with Gasteiger partial charge in [0.15, 0.2) is 12.2 Å². The van der Waals surface area contributed by atoms with Gasteiger partial charge in [0.05, 0.1) is 26.4 Å². The van der Waals surface area contributed by atoms with Gasteiger partial charge in [-0.2, -0.15) is 0 Å². The van der Waals surface area contributed by atoms with Crippen molar-refractivity contribution in [2.24, 2.45) is 17.8 Å². The summed E-state index contributed by atoms with van der Waals surface area (Å²) in [6.07, 6.45) is 62.5. The van der Waals surface area contributed by atoms with Gasteiger partial charge in [-0.25, -0.2) is 9.13 Å². The van der Waals surface area contributed by atoms with Crippen LogP contribution in [-0.2, 0) is 65.4 Å². The Morgan fingerprint density at radius 3 is 0.745 bits per heavy atom. The van der Waals surface area contributed by atoms with Gasteiger partial charge in [-0.15, -0.1) is 0 Å².